The zero-order valence-electron chi connectivity index (χ0n) is 19.3. The number of hydrogen-bond acceptors (Lipinski definition) is 5. The quantitative estimate of drug-likeness (QED) is 0.365. The summed E-state index contributed by atoms with van der Waals surface area (Å²) in [4.78, 5) is 30.0. The van der Waals surface area contributed by atoms with Gasteiger partial charge in [0.1, 0.15) is 11.5 Å². The fourth-order valence-corrected chi connectivity index (χ4v) is 4.17. The topological polar surface area (TPSA) is 70.1 Å². The first-order valence-electron chi connectivity index (χ1n) is 11.2. The van der Waals surface area contributed by atoms with Crippen molar-refractivity contribution in [3.8, 4) is 5.75 Å². The molecule has 1 N–H and O–H groups in total. The van der Waals surface area contributed by atoms with Crippen LogP contribution in [0.1, 0.15) is 43.5 Å². The molecule has 6 nitrogen and oxygen atoms in total. The van der Waals surface area contributed by atoms with E-state index >= 15 is 0 Å². The van der Waals surface area contributed by atoms with Crippen LogP contribution in [0.2, 0.25) is 0 Å². The molecule has 6 heteroatoms. The van der Waals surface area contributed by atoms with E-state index in [2.05, 4.69) is 25.7 Å². The van der Waals surface area contributed by atoms with E-state index in [0.29, 0.717) is 30.0 Å². The summed E-state index contributed by atoms with van der Waals surface area (Å²) in [6.45, 7) is 8.90. The number of aliphatic hydroxyl groups excluding tert-OH is 1. The monoisotopic (exact) mass is 436 g/mol. The molecule has 170 valence electrons. The summed E-state index contributed by atoms with van der Waals surface area (Å²) in [5.41, 5.74) is 2.43. The Morgan fingerprint density at radius 2 is 1.69 bits per heavy atom. The number of hydrogen-bond donors (Lipinski definition) is 1. The van der Waals surface area contributed by atoms with Crippen molar-refractivity contribution in [2.45, 2.75) is 33.2 Å². The average Bonchev–Trinajstić information content (AvgIpc) is 3.09. The van der Waals surface area contributed by atoms with Crippen molar-refractivity contribution in [1.82, 2.24) is 9.80 Å². The second-order valence-electron chi connectivity index (χ2n) is 7.81. The molecule has 1 fully saturated rings. The number of carbonyl (C=O) groups is 2. The number of likely N-dealkylation sites (N-methyl/N-ethyl adjacent to an activating group) is 1. The summed E-state index contributed by atoms with van der Waals surface area (Å²) in [5, 5.41) is 11.2. The van der Waals surface area contributed by atoms with Gasteiger partial charge < -0.3 is 19.6 Å². The fourth-order valence-electron chi connectivity index (χ4n) is 4.17. The first-order chi connectivity index (χ1) is 15.5. The summed E-state index contributed by atoms with van der Waals surface area (Å²) in [6.07, 6.45) is 0.873. The van der Waals surface area contributed by atoms with Gasteiger partial charge in [-0.25, -0.2) is 0 Å². The largest absolute Gasteiger partial charge is 0.507 e. The number of ketones is 1. The Kier molecular flexibility index (Phi) is 7.70. The van der Waals surface area contributed by atoms with Gasteiger partial charge in [-0.15, -0.1) is 0 Å². The van der Waals surface area contributed by atoms with Crippen LogP contribution in [0, 0.1) is 0 Å². The molecule has 0 radical (unpaired) electrons. The van der Waals surface area contributed by atoms with Crippen molar-refractivity contribution in [2.75, 3.05) is 33.3 Å². The SMILES string of the molecule is CCc1ccc(/C(O)=C2/C(=O)C(=O)N(CCN(CC)CC)C2c2ccccc2OC)cc1. The van der Waals surface area contributed by atoms with E-state index in [1.807, 2.05) is 30.3 Å². The van der Waals surface area contributed by atoms with Crippen molar-refractivity contribution in [3.63, 3.8) is 0 Å². The third kappa shape index (κ3) is 4.55. The maximum Gasteiger partial charge on any atom is 0.295 e. The molecule has 2 aromatic carbocycles. The number of methoxy groups -OCH3 is 1. The highest BCUT2D eigenvalue weighted by Gasteiger charge is 2.46. The standard InChI is InChI=1S/C26H32N2O4/c1-5-18-12-14-19(15-13-18)24(29)22-23(20-10-8-9-11-21(20)32-4)28(26(31)25(22)30)17-16-27(6-2)7-3/h8-15,23,29H,5-7,16-17H2,1-4H3/b24-22-. The third-order valence-corrected chi connectivity index (χ3v) is 6.16. The van der Waals surface area contributed by atoms with Crippen molar-refractivity contribution in [1.29, 1.82) is 0 Å². The lowest BCUT2D eigenvalue weighted by molar-refractivity contribution is -0.140. The lowest BCUT2D eigenvalue weighted by Gasteiger charge is -2.29. The van der Waals surface area contributed by atoms with E-state index in [-0.39, 0.29) is 11.3 Å². The highest BCUT2D eigenvalue weighted by atomic mass is 16.5. The molecule has 1 saturated heterocycles. The molecule has 1 amide bonds. The molecule has 0 saturated carbocycles. The van der Waals surface area contributed by atoms with Crippen LogP contribution in [0.25, 0.3) is 5.76 Å². The Morgan fingerprint density at radius 3 is 2.28 bits per heavy atom. The van der Waals surface area contributed by atoms with Crippen LogP contribution in [0.4, 0.5) is 0 Å². The van der Waals surface area contributed by atoms with Crippen molar-refractivity contribution in [3.05, 3.63) is 70.8 Å². The highest BCUT2D eigenvalue weighted by Crippen LogP contribution is 2.42. The summed E-state index contributed by atoms with van der Waals surface area (Å²) in [6, 6.07) is 14.0. The molecule has 3 rings (SSSR count). The van der Waals surface area contributed by atoms with E-state index in [0.717, 1.165) is 25.1 Å². The van der Waals surface area contributed by atoms with Gasteiger partial charge in [0, 0.05) is 24.2 Å². The Balaban J connectivity index is 2.13. The maximum atomic E-state index is 13.2. The number of rotatable bonds is 9. The van der Waals surface area contributed by atoms with E-state index in [1.54, 1.807) is 30.2 Å². The number of para-hydroxylation sites is 1. The minimum atomic E-state index is -0.715. The van der Waals surface area contributed by atoms with Gasteiger partial charge in [0.2, 0.25) is 0 Å². The zero-order valence-corrected chi connectivity index (χ0v) is 19.3. The predicted octanol–water partition coefficient (Wildman–Crippen LogP) is 4.02. The number of amides is 1. The van der Waals surface area contributed by atoms with Crippen LogP contribution in [-0.4, -0.2) is 59.9 Å². The smallest absolute Gasteiger partial charge is 0.295 e. The molecule has 1 aliphatic rings. The second kappa shape index (κ2) is 10.5. The Morgan fingerprint density at radius 1 is 1.03 bits per heavy atom. The molecule has 1 unspecified atom stereocenters. The zero-order chi connectivity index (χ0) is 23.3. The summed E-state index contributed by atoms with van der Waals surface area (Å²) in [5.74, 6) is -0.857. The highest BCUT2D eigenvalue weighted by molar-refractivity contribution is 6.46. The minimum Gasteiger partial charge on any atom is -0.507 e. The third-order valence-electron chi connectivity index (χ3n) is 6.16. The molecule has 0 aromatic heterocycles. The van der Waals surface area contributed by atoms with Gasteiger partial charge in [-0.3, -0.25) is 9.59 Å². The Hall–Kier alpha value is -3.12. The average molecular weight is 437 g/mol. The number of aliphatic hydroxyl groups is 1. The van der Waals surface area contributed by atoms with Crippen molar-refractivity contribution >= 4 is 17.4 Å². The molecule has 0 aliphatic carbocycles. The number of aryl methyl sites for hydroxylation is 1. The van der Waals surface area contributed by atoms with Crippen molar-refractivity contribution < 1.29 is 19.4 Å². The maximum absolute atomic E-state index is 13.2. The van der Waals surface area contributed by atoms with Crippen molar-refractivity contribution in [2.24, 2.45) is 0 Å². The first-order valence-corrected chi connectivity index (χ1v) is 11.2. The Labute approximate surface area is 190 Å². The second-order valence-corrected chi connectivity index (χ2v) is 7.81. The van der Waals surface area contributed by atoms with E-state index < -0.39 is 17.7 Å². The number of nitrogens with zero attached hydrogens (tertiary/aromatic N) is 2. The molecule has 2 aromatic rings. The molecule has 1 atom stereocenters. The number of Topliss-reactive ketones (excluding diaryl/α,β-unsaturated/α-hetero) is 1. The van der Waals surface area contributed by atoms with Gasteiger partial charge in [0.25, 0.3) is 11.7 Å². The van der Waals surface area contributed by atoms with Gasteiger partial charge in [-0.1, -0.05) is 63.2 Å². The van der Waals surface area contributed by atoms with Crippen LogP contribution in [-0.2, 0) is 16.0 Å². The van der Waals surface area contributed by atoms with Crippen LogP contribution in [0.3, 0.4) is 0 Å². The van der Waals surface area contributed by atoms with E-state index in [4.69, 9.17) is 4.74 Å². The van der Waals surface area contributed by atoms with Crippen LogP contribution in [0.15, 0.2) is 54.1 Å². The van der Waals surface area contributed by atoms with E-state index in [9.17, 15) is 14.7 Å². The van der Waals surface area contributed by atoms with Gasteiger partial charge >= 0.3 is 0 Å². The molecule has 0 spiro atoms. The normalized spacial score (nSPS) is 17.9. The fraction of sp³-hybridized carbons (Fsp3) is 0.385. The minimum absolute atomic E-state index is 0.100. The van der Waals surface area contributed by atoms with Gasteiger partial charge in [-0.05, 0) is 31.1 Å². The summed E-state index contributed by atoms with van der Waals surface area (Å²) in [7, 11) is 1.56. The number of likely N-dealkylation sites (tertiary alicyclic amines) is 1. The lowest BCUT2D eigenvalue weighted by atomic mass is 9.94. The Bertz CT molecular complexity index is 993. The van der Waals surface area contributed by atoms with Crippen LogP contribution >= 0.6 is 0 Å². The molecule has 0 bridgehead atoms. The summed E-state index contributed by atoms with van der Waals surface area (Å²) < 4.78 is 5.54. The first kappa shape index (κ1) is 23.5. The molecular formula is C26H32N2O4. The molecule has 32 heavy (non-hydrogen) atoms. The lowest BCUT2D eigenvalue weighted by Crippen LogP contribution is -2.38. The molecular weight excluding hydrogens is 404 g/mol. The predicted molar refractivity (Wildman–Crippen MR) is 126 cm³/mol. The number of benzene rings is 2. The van der Waals surface area contributed by atoms with Gasteiger partial charge in [0.15, 0.2) is 0 Å². The number of ether oxygens (including phenoxy) is 1. The molecule has 1 heterocycles. The van der Waals surface area contributed by atoms with E-state index in [1.165, 1.54) is 0 Å². The molecule has 1 aliphatic heterocycles. The van der Waals surface area contributed by atoms with Crippen LogP contribution < -0.4 is 4.74 Å². The summed E-state index contributed by atoms with van der Waals surface area (Å²) >= 11 is 0. The number of carbonyl (C=O) groups excluding carboxylic acids is 2. The van der Waals surface area contributed by atoms with Gasteiger partial charge in [0.05, 0.1) is 18.7 Å². The van der Waals surface area contributed by atoms with Crippen LogP contribution in [0.5, 0.6) is 5.75 Å². The van der Waals surface area contributed by atoms with Gasteiger partial charge in [-0.2, -0.15) is 0 Å².